The van der Waals surface area contributed by atoms with Gasteiger partial charge in [-0.2, -0.15) is 5.10 Å². The number of hydrogen-bond acceptors (Lipinski definition) is 4. The highest BCUT2D eigenvalue weighted by atomic mass is 32.2. The zero-order valence-corrected chi connectivity index (χ0v) is 14.1. The van der Waals surface area contributed by atoms with Crippen molar-refractivity contribution in [1.29, 1.82) is 0 Å². The van der Waals surface area contributed by atoms with Crippen molar-refractivity contribution in [2.45, 2.75) is 70.5 Å². The molecule has 2 N–H and O–H groups in total. The molecule has 0 aromatic carbocycles. The van der Waals surface area contributed by atoms with Gasteiger partial charge in [-0.05, 0) is 26.7 Å². The van der Waals surface area contributed by atoms with Crippen molar-refractivity contribution >= 4 is 10.0 Å². The van der Waals surface area contributed by atoms with Crippen LogP contribution in [0.5, 0.6) is 0 Å². The van der Waals surface area contributed by atoms with Gasteiger partial charge in [0.25, 0.3) is 0 Å². The Bertz CT molecular complexity index is 588. The molecule has 1 fully saturated rings. The standard InChI is InChI=1S/C14H26N4O2S/c1-10(2)15-8-9-18-12(4)14(11(3)16-18)21(19,20)17-13-6-5-7-13/h10,13,15,17H,5-9H2,1-4H3. The van der Waals surface area contributed by atoms with Crippen LogP contribution in [0.3, 0.4) is 0 Å². The number of hydrogen-bond donors (Lipinski definition) is 2. The third-order valence-corrected chi connectivity index (χ3v) is 5.66. The zero-order chi connectivity index (χ0) is 15.6. The Morgan fingerprint density at radius 3 is 2.52 bits per heavy atom. The number of nitrogens with zero attached hydrogens (tertiary/aromatic N) is 2. The van der Waals surface area contributed by atoms with Crippen LogP contribution in [0.4, 0.5) is 0 Å². The van der Waals surface area contributed by atoms with Gasteiger partial charge < -0.3 is 5.32 Å². The minimum atomic E-state index is -3.46. The first-order valence-electron chi connectivity index (χ1n) is 7.61. The van der Waals surface area contributed by atoms with Gasteiger partial charge in [0.15, 0.2) is 0 Å². The zero-order valence-electron chi connectivity index (χ0n) is 13.3. The molecule has 0 aliphatic heterocycles. The molecule has 1 saturated carbocycles. The largest absolute Gasteiger partial charge is 0.313 e. The van der Waals surface area contributed by atoms with Gasteiger partial charge in [0.1, 0.15) is 4.90 Å². The lowest BCUT2D eigenvalue weighted by atomic mass is 9.94. The molecule has 0 radical (unpaired) electrons. The molecule has 1 aliphatic rings. The van der Waals surface area contributed by atoms with Gasteiger partial charge in [0.05, 0.1) is 17.9 Å². The fourth-order valence-electron chi connectivity index (χ4n) is 2.55. The fraction of sp³-hybridized carbons (Fsp3) is 0.786. The molecular weight excluding hydrogens is 288 g/mol. The summed E-state index contributed by atoms with van der Waals surface area (Å²) in [4.78, 5) is 0.346. The van der Waals surface area contributed by atoms with E-state index in [0.29, 0.717) is 28.9 Å². The number of aryl methyl sites for hydroxylation is 1. The molecule has 1 aromatic heterocycles. The van der Waals surface area contributed by atoms with Gasteiger partial charge in [0, 0.05) is 18.6 Å². The summed E-state index contributed by atoms with van der Waals surface area (Å²) in [6.45, 7) is 9.19. The first-order valence-corrected chi connectivity index (χ1v) is 9.09. The summed E-state index contributed by atoms with van der Waals surface area (Å²) in [6, 6.07) is 0.505. The molecule has 6 nitrogen and oxygen atoms in total. The average Bonchev–Trinajstić information content (AvgIpc) is 2.60. The van der Waals surface area contributed by atoms with E-state index in [1.165, 1.54) is 0 Å². The van der Waals surface area contributed by atoms with Gasteiger partial charge >= 0.3 is 0 Å². The molecule has 120 valence electrons. The summed E-state index contributed by atoms with van der Waals surface area (Å²) in [5.41, 5.74) is 1.29. The van der Waals surface area contributed by atoms with E-state index in [1.807, 2.05) is 6.92 Å². The minimum absolute atomic E-state index is 0.0970. The molecule has 0 saturated heterocycles. The van der Waals surface area contributed by atoms with Crippen molar-refractivity contribution in [3.8, 4) is 0 Å². The van der Waals surface area contributed by atoms with Crippen LogP contribution in [0.15, 0.2) is 4.90 Å². The number of nitrogens with one attached hydrogen (secondary N) is 2. The molecule has 0 spiro atoms. The second-order valence-electron chi connectivity index (χ2n) is 6.08. The van der Waals surface area contributed by atoms with Gasteiger partial charge in [-0.3, -0.25) is 4.68 Å². The first-order chi connectivity index (χ1) is 9.81. The maximum absolute atomic E-state index is 12.5. The molecule has 0 bridgehead atoms. The molecule has 2 rings (SSSR count). The van der Waals surface area contributed by atoms with Crippen molar-refractivity contribution in [3.63, 3.8) is 0 Å². The first kappa shape index (κ1) is 16.5. The number of sulfonamides is 1. The van der Waals surface area contributed by atoms with E-state index < -0.39 is 10.0 Å². The van der Waals surface area contributed by atoms with Gasteiger partial charge in [0.2, 0.25) is 10.0 Å². The maximum Gasteiger partial charge on any atom is 0.244 e. The molecular formula is C14H26N4O2S. The molecule has 1 heterocycles. The van der Waals surface area contributed by atoms with Crippen LogP contribution < -0.4 is 10.0 Å². The Morgan fingerprint density at radius 2 is 2.00 bits per heavy atom. The van der Waals surface area contributed by atoms with Crippen molar-refractivity contribution in [3.05, 3.63) is 11.4 Å². The molecule has 0 atom stereocenters. The molecule has 7 heteroatoms. The Labute approximate surface area is 127 Å². The predicted molar refractivity (Wildman–Crippen MR) is 82.8 cm³/mol. The lowest BCUT2D eigenvalue weighted by Crippen LogP contribution is -2.39. The maximum atomic E-state index is 12.5. The lowest BCUT2D eigenvalue weighted by Gasteiger charge is -2.26. The highest BCUT2D eigenvalue weighted by Crippen LogP contribution is 2.24. The monoisotopic (exact) mass is 314 g/mol. The van der Waals surface area contributed by atoms with Crippen molar-refractivity contribution < 1.29 is 8.42 Å². The third kappa shape index (κ3) is 3.84. The quantitative estimate of drug-likeness (QED) is 0.796. The summed E-state index contributed by atoms with van der Waals surface area (Å²) in [5.74, 6) is 0. The highest BCUT2D eigenvalue weighted by molar-refractivity contribution is 7.89. The number of rotatable bonds is 7. The lowest BCUT2D eigenvalue weighted by molar-refractivity contribution is 0.383. The summed E-state index contributed by atoms with van der Waals surface area (Å²) in [7, 11) is -3.46. The van der Waals surface area contributed by atoms with Crippen molar-refractivity contribution in [1.82, 2.24) is 19.8 Å². The minimum Gasteiger partial charge on any atom is -0.313 e. The Morgan fingerprint density at radius 1 is 1.33 bits per heavy atom. The molecule has 1 aliphatic carbocycles. The summed E-state index contributed by atoms with van der Waals surface area (Å²) < 4.78 is 29.5. The van der Waals surface area contributed by atoms with Gasteiger partial charge in [-0.25, -0.2) is 13.1 Å². The van der Waals surface area contributed by atoms with Crippen LogP contribution >= 0.6 is 0 Å². The Hall–Kier alpha value is -0.920. The van der Waals surface area contributed by atoms with E-state index in [0.717, 1.165) is 25.8 Å². The number of aromatic nitrogens is 2. The third-order valence-electron chi connectivity index (χ3n) is 3.89. The van der Waals surface area contributed by atoms with Gasteiger partial charge in [-0.15, -0.1) is 0 Å². The van der Waals surface area contributed by atoms with Crippen molar-refractivity contribution in [2.24, 2.45) is 0 Å². The van der Waals surface area contributed by atoms with Crippen LogP contribution in [0.2, 0.25) is 0 Å². The molecule has 0 amide bonds. The van der Waals surface area contributed by atoms with Gasteiger partial charge in [-0.1, -0.05) is 20.3 Å². The van der Waals surface area contributed by atoms with E-state index in [4.69, 9.17) is 0 Å². The van der Waals surface area contributed by atoms with Crippen LogP contribution in [0.25, 0.3) is 0 Å². The Balaban J connectivity index is 2.14. The normalized spacial score (nSPS) is 16.4. The second kappa shape index (κ2) is 6.46. The second-order valence-corrected chi connectivity index (χ2v) is 7.73. The van der Waals surface area contributed by atoms with E-state index in [1.54, 1.807) is 11.6 Å². The van der Waals surface area contributed by atoms with E-state index in [2.05, 4.69) is 29.0 Å². The average molecular weight is 314 g/mol. The topological polar surface area (TPSA) is 76.0 Å². The van der Waals surface area contributed by atoms with E-state index in [9.17, 15) is 8.42 Å². The summed E-state index contributed by atoms with van der Waals surface area (Å²) in [6.07, 6.45) is 2.97. The molecule has 1 aromatic rings. The molecule has 0 unspecified atom stereocenters. The Kier molecular flexibility index (Phi) is 5.06. The van der Waals surface area contributed by atoms with Crippen molar-refractivity contribution in [2.75, 3.05) is 6.54 Å². The van der Waals surface area contributed by atoms with Crippen LogP contribution in [0.1, 0.15) is 44.5 Å². The SMILES string of the molecule is Cc1nn(CCNC(C)C)c(C)c1S(=O)(=O)NC1CCC1. The van der Waals surface area contributed by atoms with Crippen LogP contribution in [-0.4, -0.2) is 36.8 Å². The van der Waals surface area contributed by atoms with Crippen LogP contribution in [-0.2, 0) is 16.6 Å². The summed E-state index contributed by atoms with van der Waals surface area (Å²) in [5, 5.41) is 7.70. The predicted octanol–water partition coefficient (Wildman–Crippen LogP) is 1.33. The summed E-state index contributed by atoms with van der Waals surface area (Å²) >= 11 is 0. The van der Waals surface area contributed by atoms with E-state index >= 15 is 0 Å². The smallest absolute Gasteiger partial charge is 0.244 e. The fourth-order valence-corrected chi connectivity index (χ4v) is 4.27. The highest BCUT2D eigenvalue weighted by Gasteiger charge is 2.29. The van der Waals surface area contributed by atoms with Crippen LogP contribution in [0, 0.1) is 13.8 Å². The molecule has 21 heavy (non-hydrogen) atoms. The van der Waals surface area contributed by atoms with E-state index in [-0.39, 0.29) is 6.04 Å².